The second kappa shape index (κ2) is 6.77. The Morgan fingerprint density at radius 1 is 1.15 bits per heavy atom. The minimum atomic E-state index is -0.0512. The molecule has 4 heteroatoms. The van der Waals surface area contributed by atoms with E-state index in [0.29, 0.717) is 6.61 Å². The van der Waals surface area contributed by atoms with Crippen LogP contribution in [0.2, 0.25) is 0 Å². The number of aliphatic hydroxyl groups excluding tert-OH is 1. The molecule has 3 nitrogen and oxygen atoms in total. The number of rotatable bonds is 5. The maximum Gasteiger partial charge on any atom is 0.148 e. The Kier molecular flexibility index (Phi) is 5.04. The molecule has 2 aromatic rings. The van der Waals surface area contributed by atoms with Crippen LogP contribution in [-0.2, 0) is 13.2 Å². The molecule has 0 atom stereocenters. The Bertz CT molecular complexity index is 570. The first-order valence-electron chi connectivity index (χ1n) is 6.39. The number of benzene rings is 2. The van der Waals surface area contributed by atoms with Gasteiger partial charge in [-0.15, -0.1) is 0 Å². The molecule has 0 amide bonds. The molecule has 1 N–H and O–H groups in total. The SMILES string of the molecule is CN(C)c1cc(Br)cc(CO)c1OCc1ccccc1. The molecule has 0 radical (unpaired) electrons. The summed E-state index contributed by atoms with van der Waals surface area (Å²) in [5.74, 6) is 0.726. The number of aliphatic hydroxyl groups is 1. The minimum absolute atomic E-state index is 0.0512. The van der Waals surface area contributed by atoms with Gasteiger partial charge in [-0.05, 0) is 17.7 Å². The van der Waals surface area contributed by atoms with Crippen molar-refractivity contribution in [1.82, 2.24) is 0 Å². The van der Waals surface area contributed by atoms with Crippen molar-refractivity contribution in [2.24, 2.45) is 0 Å². The Balaban J connectivity index is 2.29. The monoisotopic (exact) mass is 335 g/mol. The highest BCUT2D eigenvalue weighted by Crippen LogP contribution is 2.35. The molecule has 0 aliphatic rings. The number of ether oxygens (including phenoxy) is 1. The van der Waals surface area contributed by atoms with Crippen LogP contribution in [0.4, 0.5) is 5.69 Å². The maximum atomic E-state index is 9.53. The fourth-order valence-electron chi connectivity index (χ4n) is 1.98. The summed E-state index contributed by atoms with van der Waals surface area (Å²) in [6.07, 6.45) is 0. The van der Waals surface area contributed by atoms with Gasteiger partial charge in [0.25, 0.3) is 0 Å². The fraction of sp³-hybridized carbons (Fsp3) is 0.250. The van der Waals surface area contributed by atoms with Crippen molar-refractivity contribution in [3.8, 4) is 5.75 Å². The second-order valence-corrected chi connectivity index (χ2v) is 5.66. The summed E-state index contributed by atoms with van der Waals surface area (Å²) in [6.45, 7) is 0.431. The van der Waals surface area contributed by atoms with E-state index in [1.165, 1.54) is 0 Å². The summed E-state index contributed by atoms with van der Waals surface area (Å²) in [7, 11) is 3.91. The zero-order valence-corrected chi connectivity index (χ0v) is 13.2. The van der Waals surface area contributed by atoms with Gasteiger partial charge in [0.1, 0.15) is 12.4 Å². The third-order valence-electron chi connectivity index (χ3n) is 2.99. The largest absolute Gasteiger partial charge is 0.486 e. The summed E-state index contributed by atoms with van der Waals surface area (Å²) in [6, 6.07) is 13.9. The normalized spacial score (nSPS) is 10.4. The molecule has 0 aromatic heterocycles. The van der Waals surface area contributed by atoms with Crippen LogP contribution in [-0.4, -0.2) is 19.2 Å². The average molecular weight is 336 g/mol. The summed E-state index contributed by atoms with van der Waals surface area (Å²) in [4.78, 5) is 1.98. The van der Waals surface area contributed by atoms with Gasteiger partial charge >= 0.3 is 0 Å². The smallest absolute Gasteiger partial charge is 0.148 e. The summed E-state index contributed by atoms with van der Waals surface area (Å²) >= 11 is 3.46. The van der Waals surface area contributed by atoms with Crippen LogP contribution in [0.15, 0.2) is 46.9 Å². The van der Waals surface area contributed by atoms with Crippen LogP contribution in [0.3, 0.4) is 0 Å². The van der Waals surface area contributed by atoms with Crippen molar-refractivity contribution in [3.63, 3.8) is 0 Å². The molecule has 0 spiro atoms. The molecule has 2 aromatic carbocycles. The number of halogens is 1. The lowest BCUT2D eigenvalue weighted by atomic mass is 10.1. The van der Waals surface area contributed by atoms with Crippen LogP contribution in [0, 0.1) is 0 Å². The molecule has 0 heterocycles. The van der Waals surface area contributed by atoms with Gasteiger partial charge in [-0.3, -0.25) is 0 Å². The van der Waals surface area contributed by atoms with Crippen LogP contribution >= 0.6 is 15.9 Å². The minimum Gasteiger partial charge on any atom is -0.486 e. The first kappa shape index (κ1) is 14.9. The van der Waals surface area contributed by atoms with Crippen LogP contribution in [0.5, 0.6) is 5.75 Å². The highest BCUT2D eigenvalue weighted by molar-refractivity contribution is 9.10. The van der Waals surface area contributed by atoms with Crippen molar-refractivity contribution in [1.29, 1.82) is 0 Å². The van der Waals surface area contributed by atoms with Crippen molar-refractivity contribution in [3.05, 3.63) is 58.1 Å². The highest BCUT2D eigenvalue weighted by Gasteiger charge is 2.13. The Labute approximate surface area is 127 Å². The van der Waals surface area contributed by atoms with Crippen LogP contribution < -0.4 is 9.64 Å². The van der Waals surface area contributed by atoms with E-state index in [1.807, 2.05) is 61.5 Å². The molecule has 106 valence electrons. The van der Waals surface area contributed by atoms with Crippen molar-refractivity contribution >= 4 is 21.6 Å². The standard InChI is InChI=1S/C16H18BrNO2/c1-18(2)15-9-14(17)8-13(10-19)16(15)20-11-12-6-4-3-5-7-12/h3-9,19H,10-11H2,1-2H3. The summed E-state index contributed by atoms with van der Waals surface area (Å²) < 4.78 is 6.87. The molecule has 0 saturated heterocycles. The summed E-state index contributed by atoms with van der Waals surface area (Å²) in [5.41, 5.74) is 2.82. The Morgan fingerprint density at radius 3 is 2.45 bits per heavy atom. The van der Waals surface area contributed by atoms with E-state index in [-0.39, 0.29) is 6.61 Å². The molecular formula is C16H18BrNO2. The van der Waals surface area contributed by atoms with E-state index in [0.717, 1.165) is 27.0 Å². The average Bonchev–Trinajstić information content (AvgIpc) is 2.46. The van der Waals surface area contributed by atoms with Gasteiger partial charge in [0.05, 0.1) is 12.3 Å². The lowest BCUT2D eigenvalue weighted by Gasteiger charge is -2.21. The van der Waals surface area contributed by atoms with Gasteiger partial charge in [-0.2, -0.15) is 0 Å². The van der Waals surface area contributed by atoms with Crippen LogP contribution in [0.1, 0.15) is 11.1 Å². The second-order valence-electron chi connectivity index (χ2n) is 4.74. The third-order valence-corrected chi connectivity index (χ3v) is 3.45. The molecule has 0 fully saturated rings. The number of hydrogen-bond donors (Lipinski definition) is 1. The van der Waals surface area contributed by atoms with Gasteiger partial charge in [-0.25, -0.2) is 0 Å². The lowest BCUT2D eigenvalue weighted by Crippen LogP contribution is -2.12. The molecular weight excluding hydrogens is 318 g/mol. The van der Waals surface area contributed by atoms with E-state index >= 15 is 0 Å². The van der Waals surface area contributed by atoms with Crippen molar-refractivity contribution in [2.75, 3.05) is 19.0 Å². The fourth-order valence-corrected chi connectivity index (χ4v) is 2.47. The van der Waals surface area contributed by atoms with Crippen molar-refractivity contribution < 1.29 is 9.84 Å². The predicted molar refractivity (Wildman–Crippen MR) is 85.2 cm³/mol. The predicted octanol–water partition coefficient (Wildman–Crippen LogP) is 3.59. The van der Waals surface area contributed by atoms with E-state index < -0.39 is 0 Å². The van der Waals surface area contributed by atoms with Gasteiger partial charge in [0.15, 0.2) is 0 Å². The van der Waals surface area contributed by atoms with Gasteiger partial charge in [0, 0.05) is 24.1 Å². The van der Waals surface area contributed by atoms with Crippen LogP contribution in [0.25, 0.3) is 0 Å². The Hall–Kier alpha value is -1.52. The zero-order valence-electron chi connectivity index (χ0n) is 11.6. The molecule has 20 heavy (non-hydrogen) atoms. The van der Waals surface area contributed by atoms with Gasteiger partial charge < -0.3 is 14.7 Å². The topological polar surface area (TPSA) is 32.7 Å². The molecule has 0 saturated carbocycles. The van der Waals surface area contributed by atoms with Gasteiger partial charge in [0.2, 0.25) is 0 Å². The molecule has 0 bridgehead atoms. The molecule has 0 aliphatic carbocycles. The van der Waals surface area contributed by atoms with E-state index in [9.17, 15) is 5.11 Å². The van der Waals surface area contributed by atoms with Gasteiger partial charge in [-0.1, -0.05) is 46.3 Å². The van der Waals surface area contributed by atoms with E-state index in [2.05, 4.69) is 15.9 Å². The lowest BCUT2D eigenvalue weighted by molar-refractivity contribution is 0.259. The highest BCUT2D eigenvalue weighted by atomic mass is 79.9. The zero-order chi connectivity index (χ0) is 14.5. The quantitative estimate of drug-likeness (QED) is 0.906. The molecule has 0 aliphatic heterocycles. The van der Waals surface area contributed by atoms with E-state index in [4.69, 9.17) is 4.74 Å². The van der Waals surface area contributed by atoms with Crippen molar-refractivity contribution in [2.45, 2.75) is 13.2 Å². The first-order valence-corrected chi connectivity index (χ1v) is 7.18. The summed E-state index contributed by atoms with van der Waals surface area (Å²) in [5, 5.41) is 9.53. The number of anilines is 1. The number of nitrogens with zero attached hydrogens (tertiary/aromatic N) is 1. The third kappa shape index (κ3) is 3.52. The first-order chi connectivity index (χ1) is 9.61. The maximum absolute atomic E-state index is 9.53. The van der Waals surface area contributed by atoms with E-state index in [1.54, 1.807) is 0 Å². The molecule has 0 unspecified atom stereocenters. The molecule has 2 rings (SSSR count). The Morgan fingerprint density at radius 2 is 1.85 bits per heavy atom. The number of hydrogen-bond acceptors (Lipinski definition) is 3.